The van der Waals surface area contributed by atoms with Crippen LogP contribution in [0.5, 0.6) is 0 Å². The van der Waals surface area contributed by atoms with Crippen LogP contribution < -0.4 is 26.6 Å². The lowest BCUT2D eigenvalue weighted by Gasteiger charge is -2.53. The molecule has 28 nitrogen and oxygen atoms in total. The second kappa shape index (κ2) is 31.1. The zero-order chi connectivity index (χ0) is 73.8. The third-order valence-electron chi connectivity index (χ3n) is 19.2. The van der Waals surface area contributed by atoms with Crippen LogP contribution >= 0.6 is 0 Å². The standard InChI is InChI=1S/C69H123N13O15/c1-45(83)70-50-30-60(6,7)78(61(8,9)31-50)93-55(88)40-75(26-28-76(41-56(89)94-79-62(10,11)32-51(71-46(2)84)33-63(79,12)13)42-57(90)95-80-64(14,15)34-52(72-47(3)85)35-65(80,16)17)27-29-77(43-58(91)96-81-66(18,19)36-53(73-48(4)86)37-67(81,20)21)44-59(92)97-82-68(22,23)38-54(74-49(5)87)39-69(82,24)25/h50-54H,26-44H2,1-25H3,(H,70,83)(H,71,84)(H,72,85)(H,73,86)(H,74,87). The fourth-order valence-corrected chi connectivity index (χ4v) is 17.3. The van der Waals surface area contributed by atoms with Crippen molar-refractivity contribution in [3.05, 3.63) is 0 Å². The van der Waals surface area contributed by atoms with Gasteiger partial charge in [-0.25, -0.2) is 24.0 Å². The number of piperidine rings is 5. The van der Waals surface area contributed by atoms with Gasteiger partial charge in [-0.05, 0) is 203 Å². The molecule has 5 saturated heterocycles. The molecule has 97 heavy (non-hydrogen) atoms. The summed E-state index contributed by atoms with van der Waals surface area (Å²) in [5, 5.41) is 23.5. The van der Waals surface area contributed by atoms with E-state index in [9.17, 15) is 47.9 Å². The summed E-state index contributed by atoms with van der Waals surface area (Å²) in [5.74, 6) is -4.31. The quantitative estimate of drug-likeness (QED) is 0.0763. The molecule has 0 spiro atoms. The van der Waals surface area contributed by atoms with E-state index in [0.29, 0.717) is 64.2 Å². The molecule has 28 heteroatoms. The maximum Gasteiger partial charge on any atom is 0.339 e. The van der Waals surface area contributed by atoms with Crippen molar-refractivity contribution in [2.24, 2.45) is 0 Å². The van der Waals surface area contributed by atoms with Gasteiger partial charge in [0.2, 0.25) is 29.5 Å². The van der Waals surface area contributed by atoms with Crippen LogP contribution in [0.2, 0.25) is 0 Å². The molecule has 0 aliphatic carbocycles. The normalized spacial score (nSPS) is 23.5. The van der Waals surface area contributed by atoms with Crippen LogP contribution in [0.25, 0.3) is 0 Å². The van der Waals surface area contributed by atoms with Crippen LogP contribution in [0, 0.1) is 0 Å². The Balaban J connectivity index is 1.55. The Morgan fingerprint density at radius 2 is 0.381 bits per heavy atom. The molecule has 0 radical (unpaired) electrons. The molecule has 5 heterocycles. The van der Waals surface area contributed by atoms with Crippen LogP contribution in [0.4, 0.5) is 0 Å². The summed E-state index contributed by atoms with van der Waals surface area (Å²) in [5.41, 5.74) is -7.58. The molecule has 5 N–H and O–H groups in total. The van der Waals surface area contributed by atoms with Crippen molar-refractivity contribution in [3.63, 3.8) is 0 Å². The fraction of sp³-hybridized carbons (Fsp3) is 0.855. The number of nitrogens with one attached hydrogen (secondary N) is 5. The van der Waals surface area contributed by atoms with Crippen molar-refractivity contribution in [1.82, 2.24) is 66.6 Å². The van der Waals surface area contributed by atoms with E-state index in [4.69, 9.17) is 24.2 Å². The van der Waals surface area contributed by atoms with E-state index in [-0.39, 0.29) is 92.5 Å². The number of amides is 5. The second-order valence-electron chi connectivity index (χ2n) is 34.6. The van der Waals surface area contributed by atoms with Crippen molar-refractivity contribution in [3.8, 4) is 0 Å². The number of carbonyl (C=O) groups excluding carboxylic acids is 10. The first-order chi connectivity index (χ1) is 44.0. The summed E-state index contributed by atoms with van der Waals surface area (Å²) in [4.78, 5) is 171. The van der Waals surface area contributed by atoms with Gasteiger partial charge in [0.15, 0.2) is 0 Å². The van der Waals surface area contributed by atoms with E-state index in [1.54, 1.807) is 40.0 Å². The first kappa shape index (κ1) is 82.1. The van der Waals surface area contributed by atoms with Gasteiger partial charge >= 0.3 is 29.8 Å². The van der Waals surface area contributed by atoms with Gasteiger partial charge in [-0.3, -0.25) is 38.7 Å². The van der Waals surface area contributed by atoms with E-state index >= 15 is 0 Å². The van der Waals surface area contributed by atoms with Gasteiger partial charge in [-0.1, -0.05) is 0 Å². The van der Waals surface area contributed by atoms with Crippen molar-refractivity contribution < 1.29 is 72.1 Å². The zero-order valence-electron chi connectivity index (χ0n) is 63.5. The Hall–Kier alpha value is -5.62. The molecule has 0 unspecified atom stereocenters. The average Bonchev–Trinajstić information content (AvgIpc) is 0.803. The third kappa shape index (κ3) is 23.2. The largest absolute Gasteiger partial charge is 0.366 e. The molecule has 554 valence electrons. The smallest absolute Gasteiger partial charge is 0.339 e. The van der Waals surface area contributed by atoms with Gasteiger partial charge in [0.05, 0.1) is 88.1 Å². The molecule has 0 aromatic rings. The Bertz CT molecular complexity index is 2490. The average molecular weight is 1370 g/mol. The van der Waals surface area contributed by atoms with E-state index in [0.717, 1.165) is 0 Å². The fourth-order valence-electron chi connectivity index (χ4n) is 17.3. The molecule has 5 aliphatic rings. The maximum atomic E-state index is 14.8. The number of hydrogen-bond donors (Lipinski definition) is 5. The van der Waals surface area contributed by atoms with E-state index in [1.165, 1.54) is 34.6 Å². The minimum atomic E-state index is -0.764. The summed E-state index contributed by atoms with van der Waals surface area (Å²) in [6, 6.07) is -0.996. The van der Waals surface area contributed by atoms with Crippen molar-refractivity contribution in [2.45, 2.75) is 323 Å². The summed E-state index contributed by atoms with van der Waals surface area (Å²) in [6.45, 7) is 43.7. The number of nitrogens with zero attached hydrogens (tertiary/aromatic N) is 8. The SMILES string of the molecule is CC(=O)NC1CC(C)(C)N(OC(=O)CN(CCN(CC(=O)ON2C(C)(C)CC(NC(C)=O)CC2(C)C)CC(=O)ON2C(C)(C)CC(NC(C)=O)CC2(C)C)CCN(CC(=O)ON2C(C)(C)CC(NC(C)=O)CC2(C)C)CC(=O)ON2C(C)(C)CC(NC(C)=O)CC2(C)C)C(C)(C)C1. The molecular weight excluding hydrogens is 1250 g/mol. The summed E-state index contributed by atoms with van der Waals surface area (Å²) in [6.07, 6.45) is 4.63. The lowest BCUT2D eigenvalue weighted by atomic mass is 9.79. The highest BCUT2D eigenvalue weighted by molar-refractivity contribution is 5.77. The molecule has 0 aromatic heterocycles. The Morgan fingerprint density at radius 1 is 0.258 bits per heavy atom. The maximum absolute atomic E-state index is 14.8. The highest BCUT2D eigenvalue weighted by Crippen LogP contribution is 2.44. The predicted octanol–water partition coefficient (Wildman–Crippen LogP) is 4.97. The lowest BCUT2D eigenvalue weighted by molar-refractivity contribution is -0.271. The van der Waals surface area contributed by atoms with Gasteiger partial charge in [0, 0.05) is 91.0 Å². The highest BCUT2D eigenvalue weighted by atomic mass is 16.7. The van der Waals surface area contributed by atoms with Crippen molar-refractivity contribution in [2.75, 3.05) is 58.9 Å². The molecular formula is C69H123N13O15. The van der Waals surface area contributed by atoms with Crippen LogP contribution in [-0.2, 0) is 72.1 Å². The molecule has 0 atom stereocenters. The third-order valence-corrected chi connectivity index (χ3v) is 19.2. The second-order valence-corrected chi connectivity index (χ2v) is 34.6. The minimum Gasteiger partial charge on any atom is -0.366 e. The summed E-state index contributed by atoms with van der Waals surface area (Å²) in [7, 11) is 0. The molecule has 5 fully saturated rings. The predicted molar refractivity (Wildman–Crippen MR) is 364 cm³/mol. The highest BCUT2D eigenvalue weighted by Gasteiger charge is 2.54. The van der Waals surface area contributed by atoms with Crippen molar-refractivity contribution >= 4 is 59.4 Å². The number of carbonyl (C=O) groups is 10. The van der Waals surface area contributed by atoms with Crippen LogP contribution in [0.15, 0.2) is 0 Å². The van der Waals surface area contributed by atoms with Gasteiger partial charge < -0.3 is 50.8 Å². The Morgan fingerprint density at radius 3 is 0.515 bits per heavy atom. The first-order valence-electron chi connectivity index (χ1n) is 34.6. The topological polar surface area (TPSA) is 303 Å². The van der Waals surface area contributed by atoms with Gasteiger partial charge in [0.25, 0.3) is 0 Å². The molecule has 0 aromatic carbocycles. The minimum absolute atomic E-state index is 0.00871. The summed E-state index contributed by atoms with van der Waals surface area (Å²) < 4.78 is 0. The zero-order valence-corrected chi connectivity index (χ0v) is 63.5. The van der Waals surface area contributed by atoms with Crippen molar-refractivity contribution in [1.29, 1.82) is 0 Å². The monoisotopic (exact) mass is 1370 g/mol. The van der Waals surface area contributed by atoms with Crippen LogP contribution in [-0.4, -0.2) is 244 Å². The number of hydrogen-bond acceptors (Lipinski definition) is 23. The first-order valence-corrected chi connectivity index (χ1v) is 34.6. The molecule has 5 amide bonds. The molecule has 0 bridgehead atoms. The van der Waals surface area contributed by atoms with E-state index in [2.05, 4.69) is 26.6 Å². The number of rotatable bonds is 26. The van der Waals surface area contributed by atoms with Gasteiger partial charge in [-0.15, -0.1) is 25.3 Å². The lowest BCUT2D eigenvalue weighted by Crippen LogP contribution is -2.65. The van der Waals surface area contributed by atoms with Crippen LogP contribution in [0.1, 0.15) is 237 Å². The molecule has 0 saturated carbocycles. The van der Waals surface area contributed by atoms with Crippen LogP contribution in [0.3, 0.4) is 0 Å². The Labute approximate surface area is 577 Å². The van der Waals surface area contributed by atoms with E-state index < -0.39 is 111 Å². The Kier molecular flexibility index (Phi) is 26.3. The van der Waals surface area contributed by atoms with Gasteiger partial charge in [-0.2, -0.15) is 0 Å². The van der Waals surface area contributed by atoms with E-state index in [1.807, 2.05) is 138 Å². The summed E-state index contributed by atoms with van der Waals surface area (Å²) >= 11 is 0. The molecule has 5 aliphatic heterocycles. The molecule has 5 rings (SSSR count). The number of hydroxylamine groups is 10. The van der Waals surface area contributed by atoms with Gasteiger partial charge in [0.1, 0.15) is 0 Å².